The first-order valence-electron chi connectivity index (χ1n) is 12.3. The largest absolute Gasteiger partial charge is 0.508 e. The summed E-state index contributed by atoms with van der Waals surface area (Å²) in [4.78, 5) is 0. The van der Waals surface area contributed by atoms with Crippen LogP contribution in [0.3, 0.4) is 0 Å². The average Bonchev–Trinajstić information content (AvgIpc) is 2.84. The van der Waals surface area contributed by atoms with Gasteiger partial charge in [-0.3, -0.25) is 0 Å². The molecule has 0 aliphatic heterocycles. The third-order valence-electron chi connectivity index (χ3n) is 5.68. The van der Waals surface area contributed by atoms with Crippen LogP contribution in [0.5, 0.6) is 23.0 Å². The molecule has 4 nitrogen and oxygen atoms in total. The van der Waals surface area contributed by atoms with Crippen LogP contribution < -0.4 is 0 Å². The lowest BCUT2D eigenvalue weighted by molar-refractivity contribution is 0.473. The summed E-state index contributed by atoms with van der Waals surface area (Å²) in [7, 11) is 0. The molecule has 8 heteroatoms. The van der Waals surface area contributed by atoms with Crippen molar-refractivity contribution in [1.82, 2.24) is 0 Å². The first kappa shape index (κ1) is 36.0. The summed E-state index contributed by atoms with van der Waals surface area (Å²) in [5, 5.41) is 36.4. The highest BCUT2D eigenvalue weighted by molar-refractivity contribution is 9.11. The standard InChI is InChI=1S/4C8H9BrO/c4*1-5-3-7(10)4-6(2)8(5)9/h4*3-4,10H,1-2H3. The maximum Gasteiger partial charge on any atom is 0.116 e. The molecule has 0 fully saturated rings. The summed E-state index contributed by atoms with van der Waals surface area (Å²) in [6.07, 6.45) is 0. The van der Waals surface area contributed by atoms with Crippen molar-refractivity contribution < 1.29 is 20.4 Å². The van der Waals surface area contributed by atoms with E-state index in [0.717, 1.165) is 62.4 Å². The molecule has 216 valence electrons. The van der Waals surface area contributed by atoms with E-state index < -0.39 is 0 Å². The zero-order valence-corrected chi connectivity index (χ0v) is 30.3. The molecule has 0 aliphatic carbocycles. The molecule has 4 N–H and O–H groups in total. The lowest BCUT2D eigenvalue weighted by atomic mass is 10.1. The predicted octanol–water partition coefficient (Wildman–Crippen LogP) is 11.1. The number of aryl methyl sites for hydroxylation is 8. The first-order valence-corrected chi connectivity index (χ1v) is 15.4. The molecule has 40 heavy (non-hydrogen) atoms. The molecular weight excluding hydrogens is 768 g/mol. The minimum Gasteiger partial charge on any atom is -0.508 e. The van der Waals surface area contributed by atoms with Crippen molar-refractivity contribution in [1.29, 1.82) is 0 Å². The van der Waals surface area contributed by atoms with Gasteiger partial charge in [0.15, 0.2) is 0 Å². The fourth-order valence-electron chi connectivity index (χ4n) is 3.69. The molecule has 0 aliphatic rings. The van der Waals surface area contributed by atoms with E-state index in [1.807, 2.05) is 55.4 Å². The van der Waals surface area contributed by atoms with Crippen LogP contribution in [0.15, 0.2) is 66.4 Å². The molecule has 4 aromatic rings. The highest BCUT2D eigenvalue weighted by Gasteiger charge is 2.02. The maximum atomic E-state index is 9.10. The van der Waals surface area contributed by atoms with Gasteiger partial charge in [-0.05, 0) is 148 Å². The minimum absolute atomic E-state index is 0.332. The molecule has 0 bridgehead atoms. The number of hydrogen-bond donors (Lipinski definition) is 4. The van der Waals surface area contributed by atoms with Gasteiger partial charge in [-0.1, -0.05) is 63.7 Å². The summed E-state index contributed by atoms with van der Waals surface area (Å²) in [5.74, 6) is 1.33. The molecular formula is C32H36Br4O4. The number of phenolic OH excluding ortho intramolecular Hbond substituents is 4. The number of rotatable bonds is 0. The van der Waals surface area contributed by atoms with Crippen LogP contribution in [0.2, 0.25) is 0 Å². The van der Waals surface area contributed by atoms with Gasteiger partial charge in [0.2, 0.25) is 0 Å². The Morgan fingerprint density at radius 2 is 0.400 bits per heavy atom. The molecule has 0 aromatic heterocycles. The van der Waals surface area contributed by atoms with E-state index in [1.165, 1.54) is 0 Å². The van der Waals surface area contributed by atoms with Crippen LogP contribution >= 0.6 is 63.7 Å². The second kappa shape index (κ2) is 16.4. The number of benzene rings is 4. The topological polar surface area (TPSA) is 80.9 Å². The summed E-state index contributed by atoms with van der Waals surface area (Å²) in [6.45, 7) is 15.6. The van der Waals surface area contributed by atoms with E-state index >= 15 is 0 Å². The minimum atomic E-state index is 0.332. The van der Waals surface area contributed by atoms with Crippen molar-refractivity contribution in [3.63, 3.8) is 0 Å². The van der Waals surface area contributed by atoms with Gasteiger partial charge in [0.05, 0.1) is 0 Å². The van der Waals surface area contributed by atoms with E-state index in [9.17, 15) is 0 Å². The van der Waals surface area contributed by atoms with Gasteiger partial charge in [0.25, 0.3) is 0 Å². The van der Waals surface area contributed by atoms with E-state index in [1.54, 1.807) is 48.5 Å². The van der Waals surface area contributed by atoms with Crippen molar-refractivity contribution in [2.24, 2.45) is 0 Å². The molecule has 4 rings (SSSR count). The molecule has 0 amide bonds. The highest BCUT2D eigenvalue weighted by atomic mass is 79.9. The Labute approximate surface area is 271 Å². The Hall–Kier alpha value is -2.00. The zero-order valence-electron chi connectivity index (χ0n) is 23.9. The molecule has 0 heterocycles. The highest BCUT2D eigenvalue weighted by Crippen LogP contribution is 2.27. The summed E-state index contributed by atoms with van der Waals surface area (Å²) in [6, 6.07) is 13.9. The third-order valence-corrected chi connectivity index (χ3v) is 10.7. The van der Waals surface area contributed by atoms with Crippen molar-refractivity contribution in [2.75, 3.05) is 0 Å². The van der Waals surface area contributed by atoms with Crippen molar-refractivity contribution in [3.8, 4) is 23.0 Å². The molecule has 0 radical (unpaired) electrons. The Morgan fingerprint density at radius 3 is 0.500 bits per heavy atom. The van der Waals surface area contributed by atoms with Gasteiger partial charge < -0.3 is 20.4 Å². The average molecular weight is 804 g/mol. The Kier molecular flexibility index (Phi) is 14.8. The first-order chi connectivity index (χ1) is 18.4. The molecule has 0 atom stereocenters. The Balaban J connectivity index is 0.000000267. The van der Waals surface area contributed by atoms with Gasteiger partial charge >= 0.3 is 0 Å². The van der Waals surface area contributed by atoms with Gasteiger partial charge in [-0.2, -0.15) is 0 Å². The van der Waals surface area contributed by atoms with E-state index in [0.29, 0.717) is 23.0 Å². The van der Waals surface area contributed by atoms with Crippen LogP contribution in [0.4, 0.5) is 0 Å². The summed E-state index contributed by atoms with van der Waals surface area (Å²) >= 11 is 13.6. The van der Waals surface area contributed by atoms with E-state index in [-0.39, 0.29) is 0 Å². The van der Waals surface area contributed by atoms with Crippen LogP contribution in [0.1, 0.15) is 44.5 Å². The monoisotopic (exact) mass is 800 g/mol. The molecule has 4 aromatic carbocycles. The molecule has 0 saturated heterocycles. The number of hydrogen-bond acceptors (Lipinski definition) is 4. The van der Waals surface area contributed by atoms with Gasteiger partial charge in [0, 0.05) is 17.9 Å². The summed E-state index contributed by atoms with van der Waals surface area (Å²) < 4.78 is 4.30. The van der Waals surface area contributed by atoms with Crippen LogP contribution in [0, 0.1) is 55.4 Å². The lowest BCUT2D eigenvalue weighted by Gasteiger charge is -2.02. The predicted molar refractivity (Wildman–Crippen MR) is 181 cm³/mol. The normalized spacial score (nSPS) is 9.90. The zero-order chi connectivity index (χ0) is 30.9. The van der Waals surface area contributed by atoms with E-state index in [2.05, 4.69) is 63.7 Å². The van der Waals surface area contributed by atoms with E-state index in [4.69, 9.17) is 20.4 Å². The second-order valence-electron chi connectivity index (χ2n) is 9.57. The number of aromatic hydroxyl groups is 4. The van der Waals surface area contributed by atoms with Gasteiger partial charge in [-0.25, -0.2) is 0 Å². The quantitative estimate of drug-likeness (QED) is 0.143. The fourth-order valence-corrected chi connectivity index (χ4v) is 4.61. The van der Waals surface area contributed by atoms with Gasteiger partial charge in [-0.15, -0.1) is 0 Å². The van der Waals surface area contributed by atoms with Crippen molar-refractivity contribution in [2.45, 2.75) is 55.4 Å². The molecule has 0 spiro atoms. The fraction of sp³-hybridized carbons (Fsp3) is 0.250. The van der Waals surface area contributed by atoms with Crippen molar-refractivity contribution >= 4 is 63.7 Å². The van der Waals surface area contributed by atoms with Crippen molar-refractivity contribution in [3.05, 3.63) is 111 Å². The van der Waals surface area contributed by atoms with Crippen LogP contribution in [0.25, 0.3) is 0 Å². The SMILES string of the molecule is Cc1cc(O)cc(C)c1Br.Cc1cc(O)cc(C)c1Br.Cc1cc(O)cc(C)c1Br.Cc1cc(O)cc(C)c1Br. The smallest absolute Gasteiger partial charge is 0.116 e. The second-order valence-corrected chi connectivity index (χ2v) is 12.7. The molecule has 0 saturated carbocycles. The molecule has 0 unspecified atom stereocenters. The lowest BCUT2D eigenvalue weighted by Crippen LogP contribution is -1.79. The Morgan fingerprint density at radius 1 is 0.300 bits per heavy atom. The third kappa shape index (κ3) is 11.5. The van der Waals surface area contributed by atoms with Gasteiger partial charge in [0.1, 0.15) is 23.0 Å². The number of halogens is 4. The summed E-state index contributed by atoms with van der Waals surface area (Å²) in [5.41, 5.74) is 8.54. The van der Waals surface area contributed by atoms with Crippen LogP contribution in [-0.4, -0.2) is 20.4 Å². The Bertz CT molecular complexity index is 1150. The maximum absolute atomic E-state index is 9.10. The number of phenols is 4. The van der Waals surface area contributed by atoms with Crippen LogP contribution in [-0.2, 0) is 0 Å².